The van der Waals surface area contributed by atoms with Crippen LogP contribution in [0, 0.1) is 6.92 Å². The molecule has 0 saturated carbocycles. The highest BCUT2D eigenvalue weighted by Gasteiger charge is 2.29. The van der Waals surface area contributed by atoms with Crippen molar-refractivity contribution in [1.82, 2.24) is 24.1 Å². The van der Waals surface area contributed by atoms with Crippen molar-refractivity contribution in [1.29, 1.82) is 0 Å². The Balaban J connectivity index is 1.60. The van der Waals surface area contributed by atoms with Crippen LogP contribution < -0.4 is 0 Å². The second kappa shape index (κ2) is 6.11. The van der Waals surface area contributed by atoms with Crippen LogP contribution in [-0.2, 0) is 6.54 Å². The molecule has 4 rings (SSSR count). The topological polar surface area (TPSA) is 55.4 Å². The van der Waals surface area contributed by atoms with Gasteiger partial charge in [0, 0.05) is 31.3 Å². The summed E-state index contributed by atoms with van der Waals surface area (Å²) in [6.07, 6.45) is 10.7. The molecule has 124 valence electrons. The first kappa shape index (κ1) is 14.9. The van der Waals surface area contributed by atoms with E-state index in [1.807, 2.05) is 57.7 Å². The molecule has 0 N–H and O–H groups in total. The second-order valence-electron chi connectivity index (χ2n) is 6.47. The minimum atomic E-state index is 0.0215. The van der Waals surface area contributed by atoms with Gasteiger partial charge >= 0.3 is 0 Å². The summed E-state index contributed by atoms with van der Waals surface area (Å²) in [5, 5.41) is 4.28. The third-order valence-electron chi connectivity index (χ3n) is 4.68. The zero-order valence-electron chi connectivity index (χ0n) is 13.8. The van der Waals surface area contributed by atoms with Gasteiger partial charge in [0.1, 0.15) is 11.3 Å². The van der Waals surface area contributed by atoms with E-state index in [0.29, 0.717) is 5.69 Å². The fourth-order valence-electron chi connectivity index (χ4n) is 3.42. The number of likely N-dealkylation sites (tertiary alicyclic amines) is 1. The molecular weight excluding hydrogens is 302 g/mol. The molecule has 3 aromatic heterocycles. The van der Waals surface area contributed by atoms with Crippen LogP contribution in [0.3, 0.4) is 0 Å². The van der Waals surface area contributed by atoms with Crippen molar-refractivity contribution in [3.63, 3.8) is 0 Å². The van der Waals surface area contributed by atoms with E-state index in [4.69, 9.17) is 0 Å². The lowest BCUT2D eigenvalue weighted by Gasteiger charge is -2.35. The summed E-state index contributed by atoms with van der Waals surface area (Å²) in [5.74, 6) is 0.0215. The summed E-state index contributed by atoms with van der Waals surface area (Å²) >= 11 is 0. The summed E-state index contributed by atoms with van der Waals surface area (Å²) < 4.78 is 3.82. The molecule has 1 amide bonds. The van der Waals surface area contributed by atoms with Gasteiger partial charge in [-0.1, -0.05) is 0 Å². The molecule has 6 heteroatoms. The Hall–Kier alpha value is -2.63. The summed E-state index contributed by atoms with van der Waals surface area (Å²) in [7, 11) is 0. The predicted molar refractivity (Wildman–Crippen MR) is 90.8 cm³/mol. The van der Waals surface area contributed by atoms with Crippen LogP contribution in [0.4, 0.5) is 0 Å². The minimum absolute atomic E-state index is 0.0215. The molecule has 6 nitrogen and oxygen atoms in total. The molecule has 1 aliphatic heterocycles. The quantitative estimate of drug-likeness (QED) is 0.744. The van der Waals surface area contributed by atoms with Crippen LogP contribution in [0.5, 0.6) is 0 Å². The van der Waals surface area contributed by atoms with E-state index in [1.54, 1.807) is 6.20 Å². The van der Waals surface area contributed by atoms with Crippen molar-refractivity contribution < 1.29 is 4.79 Å². The Morgan fingerprint density at radius 1 is 1.33 bits per heavy atom. The standard InChI is InChI=1S/C18H21N5O/c1-14-6-10-21-13-16(20-17(21)11-14)18(24)23-9-3-2-5-15(23)12-22-8-4-7-19-22/h4,6-8,10-11,13,15H,2-3,5,9,12H2,1H3. The molecule has 3 aromatic rings. The number of imidazole rings is 1. The Morgan fingerprint density at radius 3 is 3.08 bits per heavy atom. The number of pyridine rings is 1. The van der Waals surface area contributed by atoms with Crippen molar-refractivity contribution in [2.45, 2.75) is 38.8 Å². The number of piperidine rings is 1. The molecule has 0 bridgehead atoms. The van der Waals surface area contributed by atoms with Crippen molar-refractivity contribution in [2.75, 3.05) is 6.54 Å². The molecular formula is C18H21N5O. The third kappa shape index (κ3) is 2.79. The number of aryl methyl sites for hydroxylation is 1. The van der Waals surface area contributed by atoms with Gasteiger partial charge in [0.15, 0.2) is 0 Å². The molecule has 0 aromatic carbocycles. The zero-order chi connectivity index (χ0) is 16.5. The third-order valence-corrected chi connectivity index (χ3v) is 4.68. The molecule has 1 atom stereocenters. The highest BCUT2D eigenvalue weighted by molar-refractivity contribution is 5.93. The van der Waals surface area contributed by atoms with E-state index >= 15 is 0 Å². The first-order valence-corrected chi connectivity index (χ1v) is 8.44. The maximum absolute atomic E-state index is 13.0. The van der Waals surface area contributed by atoms with E-state index in [1.165, 1.54) is 0 Å². The van der Waals surface area contributed by atoms with Gasteiger partial charge in [-0.15, -0.1) is 0 Å². The Morgan fingerprint density at radius 2 is 2.25 bits per heavy atom. The normalized spacial score (nSPS) is 18.2. The van der Waals surface area contributed by atoms with Gasteiger partial charge in [-0.2, -0.15) is 5.10 Å². The van der Waals surface area contributed by atoms with Gasteiger partial charge < -0.3 is 9.30 Å². The van der Waals surface area contributed by atoms with Crippen molar-refractivity contribution in [3.05, 3.63) is 54.2 Å². The molecule has 1 aliphatic rings. The lowest BCUT2D eigenvalue weighted by atomic mass is 10.0. The van der Waals surface area contributed by atoms with Gasteiger partial charge in [0.05, 0.1) is 12.6 Å². The average Bonchev–Trinajstić information content (AvgIpc) is 3.23. The van der Waals surface area contributed by atoms with Crippen LogP contribution in [0.15, 0.2) is 43.0 Å². The largest absolute Gasteiger partial charge is 0.332 e. The molecule has 24 heavy (non-hydrogen) atoms. The molecule has 1 saturated heterocycles. The molecule has 0 aliphatic carbocycles. The fraction of sp³-hybridized carbons (Fsp3) is 0.389. The van der Waals surface area contributed by atoms with Gasteiger partial charge in [0.25, 0.3) is 5.91 Å². The first-order chi connectivity index (χ1) is 11.7. The fourth-order valence-corrected chi connectivity index (χ4v) is 3.42. The van der Waals surface area contributed by atoms with Gasteiger partial charge in [-0.05, 0) is 49.9 Å². The van der Waals surface area contributed by atoms with E-state index in [-0.39, 0.29) is 11.9 Å². The van der Waals surface area contributed by atoms with Crippen molar-refractivity contribution >= 4 is 11.6 Å². The van der Waals surface area contributed by atoms with Gasteiger partial charge in [-0.25, -0.2) is 4.98 Å². The Kier molecular flexibility index (Phi) is 3.80. The molecule has 1 unspecified atom stereocenters. The Bertz CT molecular complexity index is 852. The number of carbonyl (C=O) groups is 1. The Labute approximate surface area is 140 Å². The number of hydrogen-bond acceptors (Lipinski definition) is 3. The summed E-state index contributed by atoms with van der Waals surface area (Å²) in [6.45, 7) is 3.56. The number of rotatable bonds is 3. The van der Waals surface area contributed by atoms with Gasteiger partial charge in [-0.3, -0.25) is 9.48 Å². The summed E-state index contributed by atoms with van der Waals surface area (Å²) in [5.41, 5.74) is 2.48. The monoisotopic (exact) mass is 323 g/mol. The first-order valence-electron chi connectivity index (χ1n) is 8.44. The lowest BCUT2D eigenvalue weighted by molar-refractivity contribution is 0.0578. The maximum atomic E-state index is 13.0. The summed E-state index contributed by atoms with van der Waals surface area (Å²) in [4.78, 5) is 19.5. The highest BCUT2D eigenvalue weighted by atomic mass is 16.2. The number of hydrogen-bond donors (Lipinski definition) is 0. The van der Waals surface area contributed by atoms with Crippen LogP contribution in [-0.4, -0.2) is 42.6 Å². The smallest absolute Gasteiger partial charge is 0.274 e. The molecule has 0 radical (unpaired) electrons. The number of amides is 1. The number of aromatic nitrogens is 4. The summed E-state index contributed by atoms with van der Waals surface area (Å²) in [6, 6.07) is 6.11. The number of fused-ring (bicyclic) bond motifs is 1. The maximum Gasteiger partial charge on any atom is 0.274 e. The molecule has 1 fully saturated rings. The highest BCUT2D eigenvalue weighted by Crippen LogP contribution is 2.21. The van der Waals surface area contributed by atoms with Gasteiger partial charge in [0.2, 0.25) is 0 Å². The van der Waals surface area contributed by atoms with Crippen molar-refractivity contribution in [2.24, 2.45) is 0 Å². The van der Waals surface area contributed by atoms with E-state index in [9.17, 15) is 4.79 Å². The number of nitrogens with zero attached hydrogens (tertiary/aromatic N) is 5. The van der Waals surface area contributed by atoms with E-state index in [0.717, 1.165) is 43.6 Å². The lowest BCUT2D eigenvalue weighted by Crippen LogP contribution is -2.46. The van der Waals surface area contributed by atoms with E-state index in [2.05, 4.69) is 10.1 Å². The van der Waals surface area contributed by atoms with Crippen LogP contribution in [0.25, 0.3) is 5.65 Å². The van der Waals surface area contributed by atoms with Crippen LogP contribution >= 0.6 is 0 Å². The minimum Gasteiger partial charge on any atom is -0.332 e. The van der Waals surface area contributed by atoms with Crippen LogP contribution in [0.1, 0.15) is 35.3 Å². The molecule has 0 spiro atoms. The van der Waals surface area contributed by atoms with Crippen molar-refractivity contribution in [3.8, 4) is 0 Å². The molecule has 4 heterocycles. The number of carbonyl (C=O) groups excluding carboxylic acids is 1. The average molecular weight is 323 g/mol. The van der Waals surface area contributed by atoms with E-state index < -0.39 is 0 Å². The predicted octanol–water partition coefficient (Wildman–Crippen LogP) is 2.53. The second-order valence-corrected chi connectivity index (χ2v) is 6.47. The van der Waals surface area contributed by atoms with Crippen LogP contribution in [0.2, 0.25) is 0 Å². The zero-order valence-corrected chi connectivity index (χ0v) is 13.8. The SMILES string of the molecule is Cc1ccn2cc(C(=O)N3CCCCC3Cn3cccn3)nc2c1.